The summed E-state index contributed by atoms with van der Waals surface area (Å²) in [6.07, 6.45) is 2.55. The molecule has 0 unspecified atom stereocenters. The van der Waals surface area contributed by atoms with E-state index in [4.69, 9.17) is 9.84 Å². The number of pyridine rings is 1. The molecule has 1 aromatic heterocycles. The fourth-order valence-corrected chi connectivity index (χ4v) is 0.836. The van der Waals surface area contributed by atoms with Crippen LogP contribution in [-0.4, -0.2) is 35.6 Å². The SMILES string of the molecule is CNC(=O)COc1cncc(C(=O)O)c1. The van der Waals surface area contributed by atoms with Crippen molar-refractivity contribution in [1.82, 2.24) is 10.3 Å². The molecule has 2 N–H and O–H groups in total. The molecule has 1 aromatic rings. The third-order valence-electron chi connectivity index (χ3n) is 1.61. The molecule has 1 heterocycles. The lowest BCUT2D eigenvalue weighted by Gasteiger charge is -2.04. The number of carbonyl (C=O) groups excluding carboxylic acids is 1. The Kier molecular flexibility index (Phi) is 3.61. The number of aromatic nitrogens is 1. The molecule has 80 valence electrons. The Labute approximate surface area is 85.9 Å². The van der Waals surface area contributed by atoms with E-state index in [0.717, 1.165) is 0 Å². The first kappa shape index (κ1) is 11.0. The van der Waals surface area contributed by atoms with Crippen molar-refractivity contribution in [2.24, 2.45) is 0 Å². The number of amides is 1. The topological polar surface area (TPSA) is 88.5 Å². The molecule has 6 heteroatoms. The molecule has 1 amide bonds. The first-order valence-electron chi connectivity index (χ1n) is 4.15. The van der Waals surface area contributed by atoms with Gasteiger partial charge >= 0.3 is 5.97 Å². The van der Waals surface area contributed by atoms with Crippen LogP contribution < -0.4 is 10.1 Å². The maximum Gasteiger partial charge on any atom is 0.337 e. The van der Waals surface area contributed by atoms with E-state index in [2.05, 4.69) is 10.3 Å². The summed E-state index contributed by atoms with van der Waals surface area (Å²) in [5.41, 5.74) is 0.0180. The normalized spacial score (nSPS) is 9.40. The second-order valence-electron chi connectivity index (χ2n) is 2.68. The van der Waals surface area contributed by atoms with Gasteiger partial charge in [0, 0.05) is 13.2 Å². The third kappa shape index (κ3) is 3.26. The van der Waals surface area contributed by atoms with Crippen LogP contribution in [0.5, 0.6) is 5.75 Å². The average molecular weight is 210 g/mol. The number of carboxylic acid groups (broad SMARTS) is 1. The summed E-state index contributed by atoms with van der Waals surface area (Å²) in [6.45, 7) is -0.165. The van der Waals surface area contributed by atoms with Crippen LogP contribution in [-0.2, 0) is 4.79 Å². The number of nitrogens with zero attached hydrogens (tertiary/aromatic N) is 1. The fraction of sp³-hybridized carbons (Fsp3) is 0.222. The molecule has 6 nitrogen and oxygen atoms in total. The van der Waals surface area contributed by atoms with E-state index >= 15 is 0 Å². The van der Waals surface area contributed by atoms with Gasteiger partial charge in [-0.05, 0) is 6.07 Å². The summed E-state index contributed by atoms with van der Waals surface area (Å²) in [4.78, 5) is 25.1. The average Bonchev–Trinajstić information content (AvgIpc) is 2.26. The van der Waals surface area contributed by atoms with Crippen molar-refractivity contribution in [2.75, 3.05) is 13.7 Å². The zero-order chi connectivity index (χ0) is 11.3. The maximum absolute atomic E-state index is 10.8. The van der Waals surface area contributed by atoms with Crippen molar-refractivity contribution in [1.29, 1.82) is 0 Å². The summed E-state index contributed by atoms with van der Waals surface area (Å²) in [6, 6.07) is 1.30. The lowest BCUT2D eigenvalue weighted by atomic mass is 10.3. The molecule has 0 aliphatic heterocycles. The number of nitrogens with one attached hydrogen (secondary N) is 1. The first-order chi connectivity index (χ1) is 7.13. The van der Waals surface area contributed by atoms with Crippen molar-refractivity contribution in [3.8, 4) is 5.75 Å². The Bertz CT molecular complexity index is 378. The fourth-order valence-electron chi connectivity index (χ4n) is 0.836. The van der Waals surface area contributed by atoms with Gasteiger partial charge in [0.2, 0.25) is 0 Å². The van der Waals surface area contributed by atoms with Crippen molar-refractivity contribution >= 4 is 11.9 Å². The molecule has 0 bridgehead atoms. The zero-order valence-electron chi connectivity index (χ0n) is 8.06. The minimum Gasteiger partial charge on any atom is -0.482 e. The Morgan fingerprint density at radius 1 is 1.53 bits per heavy atom. The molecular formula is C9H10N2O4. The highest BCUT2D eigenvalue weighted by Crippen LogP contribution is 2.10. The molecule has 0 aliphatic rings. The highest BCUT2D eigenvalue weighted by atomic mass is 16.5. The second kappa shape index (κ2) is 4.94. The number of likely N-dealkylation sites (N-methyl/N-ethyl adjacent to an activating group) is 1. The largest absolute Gasteiger partial charge is 0.482 e. The molecule has 0 aromatic carbocycles. The number of carbonyl (C=O) groups is 2. The van der Waals surface area contributed by atoms with Crippen molar-refractivity contribution in [2.45, 2.75) is 0 Å². The second-order valence-corrected chi connectivity index (χ2v) is 2.68. The van der Waals surface area contributed by atoms with Gasteiger partial charge in [0.05, 0.1) is 11.8 Å². The smallest absolute Gasteiger partial charge is 0.337 e. The quantitative estimate of drug-likeness (QED) is 0.724. The number of hydrogen-bond donors (Lipinski definition) is 2. The molecule has 0 saturated carbocycles. The van der Waals surface area contributed by atoms with Crippen LogP contribution in [0.25, 0.3) is 0 Å². The summed E-state index contributed by atoms with van der Waals surface area (Å²) < 4.78 is 5.01. The van der Waals surface area contributed by atoms with Crippen molar-refractivity contribution in [3.63, 3.8) is 0 Å². The standard InChI is InChI=1S/C9H10N2O4/c1-10-8(12)5-15-7-2-6(9(13)14)3-11-4-7/h2-4H,5H2,1H3,(H,10,12)(H,13,14). The number of aromatic carboxylic acids is 1. The van der Waals surface area contributed by atoms with E-state index < -0.39 is 5.97 Å². The van der Waals surface area contributed by atoms with Crippen LogP contribution in [0.4, 0.5) is 0 Å². The lowest BCUT2D eigenvalue weighted by Crippen LogP contribution is -2.24. The minimum atomic E-state index is -1.09. The first-order valence-corrected chi connectivity index (χ1v) is 4.15. The predicted molar refractivity (Wildman–Crippen MR) is 50.8 cm³/mol. The van der Waals surface area contributed by atoms with Gasteiger partial charge in [0.15, 0.2) is 6.61 Å². The van der Waals surface area contributed by atoms with Gasteiger partial charge in [-0.3, -0.25) is 9.78 Å². The third-order valence-corrected chi connectivity index (χ3v) is 1.61. The van der Waals surface area contributed by atoms with Gasteiger partial charge < -0.3 is 15.2 Å². The highest BCUT2D eigenvalue weighted by Gasteiger charge is 2.05. The van der Waals surface area contributed by atoms with Crippen molar-refractivity contribution < 1.29 is 19.4 Å². The summed E-state index contributed by atoms with van der Waals surface area (Å²) in [7, 11) is 1.48. The van der Waals surface area contributed by atoms with E-state index in [9.17, 15) is 9.59 Å². The summed E-state index contributed by atoms with van der Waals surface area (Å²) in [5.74, 6) is -1.14. The van der Waals surface area contributed by atoms with E-state index in [-0.39, 0.29) is 23.8 Å². The predicted octanol–water partition coefficient (Wildman–Crippen LogP) is -0.0954. The van der Waals surface area contributed by atoms with Crippen molar-refractivity contribution in [3.05, 3.63) is 24.0 Å². The molecule has 0 saturated heterocycles. The number of hydrogen-bond acceptors (Lipinski definition) is 4. The Balaban J connectivity index is 2.66. The van der Waals surface area contributed by atoms with Gasteiger partial charge in [-0.25, -0.2) is 4.79 Å². The molecule has 0 aliphatic carbocycles. The van der Waals surface area contributed by atoms with Gasteiger partial charge in [-0.1, -0.05) is 0 Å². The summed E-state index contributed by atoms with van der Waals surface area (Å²) in [5, 5.41) is 11.0. The number of ether oxygens (including phenoxy) is 1. The molecule has 15 heavy (non-hydrogen) atoms. The molecular weight excluding hydrogens is 200 g/mol. The van der Waals surface area contributed by atoms with Gasteiger partial charge in [0.1, 0.15) is 5.75 Å². The van der Waals surface area contributed by atoms with Crippen LogP contribution in [0.1, 0.15) is 10.4 Å². The van der Waals surface area contributed by atoms with Crippen LogP contribution >= 0.6 is 0 Å². The number of carboxylic acids is 1. The van der Waals surface area contributed by atoms with E-state index in [1.54, 1.807) is 0 Å². The molecule has 0 spiro atoms. The van der Waals surface area contributed by atoms with Crippen LogP contribution in [0, 0.1) is 0 Å². The van der Waals surface area contributed by atoms with Crippen LogP contribution in [0.3, 0.4) is 0 Å². The lowest BCUT2D eigenvalue weighted by molar-refractivity contribution is -0.122. The Morgan fingerprint density at radius 3 is 2.87 bits per heavy atom. The van der Waals surface area contributed by atoms with Crippen LogP contribution in [0.2, 0.25) is 0 Å². The molecule has 0 atom stereocenters. The molecule has 0 radical (unpaired) electrons. The van der Waals surface area contributed by atoms with Gasteiger partial charge in [0.25, 0.3) is 5.91 Å². The van der Waals surface area contributed by atoms with E-state index in [1.807, 2.05) is 0 Å². The van der Waals surface area contributed by atoms with E-state index in [1.165, 1.54) is 25.5 Å². The van der Waals surface area contributed by atoms with Gasteiger partial charge in [-0.15, -0.1) is 0 Å². The maximum atomic E-state index is 10.8. The zero-order valence-corrected chi connectivity index (χ0v) is 8.06. The van der Waals surface area contributed by atoms with E-state index in [0.29, 0.717) is 0 Å². The number of rotatable bonds is 4. The Hall–Kier alpha value is -2.11. The van der Waals surface area contributed by atoms with Gasteiger partial charge in [-0.2, -0.15) is 0 Å². The summed E-state index contributed by atoms with van der Waals surface area (Å²) >= 11 is 0. The minimum absolute atomic E-state index is 0.0180. The highest BCUT2D eigenvalue weighted by molar-refractivity contribution is 5.87. The molecule has 1 rings (SSSR count). The van der Waals surface area contributed by atoms with Crippen LogP contribution in [0.15, 0.2) is 18.5 Å². The molecule has 0 fully saturated rings. The Morgan fingerprint density at radius 2 is 2.27 bits per heavy atom. The monoisotopic (exact) mass is 210 g/mol.